The molecule has 0 radical (unpaired) electrons. The molecule has 4 nitrogen and oxygen atoms in total. The van der Waals surface area contributed by atoms with Crippen LogP contribution < -0.4 is 10.1 Å². The van der Waals surface area contributed by atoms with Crippen molar-refractivity contribution in [1.29, 1.82) is 0 Å². The zero-order valence-electron chi connectivity index (χ0n) is 11.2. The first-order chi connectivity index (χ1) is 9.36. The first kappa shape index (κ1) is 12.2. The van der Waals surface area contributed by atoms with Crippen molar-refractivity contribution in [1.82, 2.24) is 14.9 Å². The van der Waals surface area contributed by atoms with E-state index >= 15 is 0 Å². The third-order valence-corrected chi connectivity index (χ3v) is 3.64. The highest BCUT2D eigenvalue weighted by molar-refractivity contribution is 5.28. The van der Waals surface area contributed by atoms with Gasteiger partial charge >= 0.3 is 0 Å². The normalized spacial score (nSPS) is 14.2. The zero-order valence-corrected chi connectivity index (χ0v) is 11.2. The molecule has 100 valence electrons. The summed E-state index contributed by atoms with van der Waals surface area (Å²) in [5.74, 6) is 0.925. The third-order valence-electron chi connectivity index (χ3n) is 3.64. The van der Waals surface area contributed by atoms with Crippen LogP contribution >= 0.6 is 0 Å². The maximum Gasteiger partial charge on any atom is 0.119 e. The predicted octanol–water partition coefficient (Wildman–Crippen LogP) is 1.78. The summed E-state index contributed by atoms with van der Waals surface area (Å²) in [5.41, 5.74) is 3.90. The molecule has 0 spiro atoms. The Bertz CT molecular complexity index is 562. The fraction of sp³-hybridized carbons (Fsp3) is 0.400. The number of nitrogens with zero attached hydrogens (tertiary/aromatic N) is 2. The number of rotatable bonds is 4. The summed E-state index contributed by atoms with van der Waals surface area (Å²) >= 11 is 0. The molecule has 0 aliphatic carbocycles. The lowest BCUT2D eigenvalue weighted by Gasteiger charge is -2.15. The number of imidazole rings is 1. The molecular formula is C15H19N3O. The fourth-order valence-electron chi connectivity index (χ4n) is 2.57. The van der Waals surface area contributed by atoms with Crippen LogP contribution in [0.2, 0.25) is 0 Å². The number of nitrogens with one attached hydrogen (secondary N) is 1. The van der Waals surface area contributed by atoms with Gasteiger partial charge in [-0.15, -0.1) is 0 Å². The summed E-state index contributed by atoms with van der Waals surface area (Å²) in [6.07, 6.45) is 4.05. The monoisotopic (exact) mass is 257 g/mol. The standard InChI is InChI=1S/C15H19N3O/c1-19-13-4-2-3-12(9-13)6-8-18-11-17-14-10-16-7-5-15(14)18/h2-4,9,11,16H,5-8,10H2,1H3. The second kappa shape index (κ2) is 5.45. The summed E-state index contributed by atoms with van der Waals surface area (Å²) < 4.78 is 7.54. The Kier molecular flexibility index (Phi) is 3.51. The lowest BCUT2D eigenvalue weighted by Crippen LogP contribution is -2.25. The minimum Gasteiger partial charge on any atom is -0.497 e. The Balaban J connectivity index is 1.70. The summed E-state index contributed by atoms with van der Waals surface area (Å²) in [4.78, 5) is 4.48. The highest BCUT2D eigenvalue weighted by Gasteiger charge is 2.14. The Morgan fingerprint density at radius 1 is 1.42 bits per heavy atom. The number of methoxy groups -OCH3 is 1. The van der Waals surface area contributed by atoms with E-state index in [1.54, 1.807) is 7.11 Å². The molecule has 3 rings (SSSR count). The van der Waals surface area contributed by atoms with E-state index in [-0.39, 0.29) is 0 Å². The van der Waals surface area contributed by atoms with Gasteiger partial charge in [-0.25, -0.2) is 4.98 Å². The molecule has 1 aromatic heterocycles. The molecule has 19 heavy (non-hydrogen) atoms. The SMILES string of the molecule is COc1cccc(CCn2cnc3c2CCNC3)c1. The molecule has 2 aromatic rings. The van der Waals surface area contributed by atoms with Gasteiger partial charge in [-0.3, -0.25) is 0 Å². The van der Waals surface area contributed by atoms with Crippen LogP contribution in [0, 0.1) is 0 Å². The van der Waals surface area contributed by atoms with Crippen LogP contribution in [-0.2, 0) is 25.9 Å². The van der Waals surface area contributed by atoms with Gasteiger partial charge in [-0.1, -0.05) is 12.1 Å². The van der Waals surface area contributed by atoms with Crippen LogP contribution in [0.5, 0.6) is 5.75 Å². The molecule has 0 atom stereocenters. The number of hydrogen-bond donors (Lipinski definition) is 1. The van der Waals surface area contributed by atoms with Crippen molar-refractivity contribution in [2.75, 3.05) is 13.7 Å². The molecule has 1 aromatic carbocycles. The number of hydrogen-bond acceptors (Lipinski definition) is 3. The highest BCUT2D eigenvalue weighted by atomic mass is 16.5. The molecular weight excluding hydrogens is 238 g/mol. The van der Waals surface area contributed by atoms with Gasteiger partial charge in [0.05, 0.1) is 19.1 Å². The molecule has 2 heterocycles. The van der Waals surface area contributed by atoms with Crippen LogP contribution in [0.4, 0.5) is 0 Å². The summed E-state index contributed by atoms with van der Waals surface area (Å²) in [5, 5.41) is 3.35. The van der Waals surface area contributed by atoms with Gasteiger partial charge in [0.1, 0.15) is 5.75 Å². The zero-order chi connectivity index (χ0) is 13.1. The topological polar surface area (TPSA) is 39.1 Å². The second-order valence-electron chi connectivity index (χ2n) is 4.86. The Morgan fingerprint density at radius 2 is 2.37 bits per heavy atom. The molecule has 4 heteroatoms. The quantitative estimate of drug-likeness (QED) is 0.907. The van der Waals surface area contributed by atoms with Crippen LogP contribution in [0.3, 0.4) is 0 Å². The summed E-state index contributed by atoms with van der Waals surface area (Å²) in [6.45, 7) is 2.94. The van der Waals surface area contributed by atoms with Gasteiger partial charge < -0.3 is 14.6 Å². The van der Waals surface area contributed by atoms with Gasteiger partial charge in [-0.2, -0.15) is 0 Å². The lowest BCUT2D eigenvalue weighted by atomic mass is 10.1. The molecule has 1 aliphatic heterocycles. The largest absolute Gasteiger partial charge is 0.497 e. The van der Waals surface area contributed by atoms with Crippen molar-refractivity contribution in [3.05, 3.63) is 47.5 Å². The minimum atomic E-state index is 0.904. The fourth-order valence-corrected chi connectivity index (χ4v) is 2.57. The van der Waals surface area contributed by atoms with Crippen molar-refractivity contribution in [2.24, 2.45) is 0 Å². The molecule has 0 amide bonds. The molecule has 0 saturated carbocycles. The maximum atomic E-state index is 5.26. The van der Waals surface area contributed by atoms with Gasteiger partial charge in [0.15, 0.2) is 0 Å². The average molecular weight is 257 g/mol. The van der Waals surface area contributed by atoms with E-state index in [0.717, 1.165) is 38.2 Å². The van der Waals surface area contributed by atoms with E-state index in [1.807, 2.05) is 18.5 Å². The predicted molar refractivity (Wildman–Crippen MR) is 74.3 cm³/mol. The van der Waals surface area contributed by atoms with Crippen LogP contribution in [0.15, 0.2) is 30.6 Å². The van der Waals surface area contributed by atoms with Gasteiger partial charge in [-0.05, 0) is 24.1 Å². The molecule has 0 saturated heterocycles. The van der Waals surface area contributed by atoms with E-state index in [0.29, 0.717) is 0 Å². The highest BCUT2D eigenvalue weighted by Crippen LogP contribution is 2.16. The molecule has 1 aliphatic rings. The van der Waals surface area contributed by atoms with Gasteiger partial charge in [0.2, 0.25) is 0 Å². The van der Waals surface area contributed by atoms with Crippen LogP contribution in [0.25, 0.3) is 0 Å². The first-order valence-corrected chi connectivity index (χ1v) is 6.73. The van der Waals surface area contributed by atoms with Crippen molar-refractivity contribution in [3.63, 3.8) is 0 Å². The van der Waals surface area contributed by atoms with Crippen molar-refractivity contribution in [3.8, 4) is 5.75 Å². The Hall–Kier alpha value is -1.81. The first-order valence-electron chi connectivity index (χ1n) is 6.73. The number of ether oxygens (including phenoxy) is 1. The average Bonchev–Trinajstić information content (AvgIpc) is 2.89. The summed E-state index contributed by atoms with van der Waals surface area (Å²) in [7, 11) is 1.71. The van der Waals surface area contributed by atoms with E-state index < -0.39 is 0 Å². The van der Waals surface area contributed by atoms with E-state index in [1.165, 1.54) is 17.0 Å². The number of benzene rings is 1. The van der Waals surface area contributed by atoms with Crippen LogP contribution in [-0.4, -0.2) is 23.2 Å². The van der Waals surface area contributed by atoms with Crippen molar-refractivity contribution < 1.29 is 4.74 Å². The maximum absolute atomic E-state index is 5.26. The lowest BCUT2D eigenvalue weighted by molar-refractivity contribution is 0.414. The number of aryl methyl sites for hydroxylation is 2. The number of fused-ring (bicyclic) bond motifs is 1. The Morgan fingerprint density at radius 3 is 3.26 bits per heavy atom. The van der Waals surface area contributed by atoms with Crippen molar-refractivity contribution in [2.45, 2.75) is 25.9 Å². The van der Waals surface area contributed by atoms with E-state index in [4.69, 9.17) is 4.74 Å². The second-order valence-corrected chi connectivity index (χ2v) is 4.86. The van der Waals surface area contributed by atoms with E-state index in [9.17, 15) is 0 Å². The molecule has 1 N–H and O–H groups in total. The molecule has 0 unspecified atom stereocenters. The third kappa shape index (κ3) is 2.63. The number of aromatic nitrogens is 2. The Labute approximate surface area is 113 Å². The summed E-state index contributed by atoms with van der Waals surface area (Å²) in [6, 6.07) is 8.27. The minimum absolute atomic E-state index is 0.904. The molecule has 0 fully saturated rings. The van der Waals surface area contributed by atoms with Gasteiger partial charge in [0, 0.05) is 31.7 Å². The van der Waals surface area contributed by atoms with E-state index in [2.05, 4.69) is 27.0 Å². The van der Waals surface area contributed by atoms with Crippen molar-refractivity contribution >= 4 is 0 Å². The smallest absolute Gasteiger partial charge is 0.119 e. The van der Waals surface area contributed by atoms with Gasteiger partial charge in [0.25, 0.3) is 0 Å². The van der Waals surface area contributed by atoms with Crippen LogP contribution in [0.1, 0.15) is 17.0 Å². The molecule has 0 bridgehead atoms.